The number of hydrogen-bond acceptors (Lipinski definition) is 4. The molecule has 0 spiro atoms. The molecular formula is C9H8BNO3. The van der Waals surface area contributed by atoms with E-state index in [-0.39, 0.29) is 5.75 Å². The molecule has 0 atom stereocenters. The lowest BCUT2D eigenvalue weighted by Gasteiger charge is -2.03. The van der Waals surface area contributed by atoms with E-state index in [1.165, 1.54) is 18.3 Å². The van der Waals surface area contributed by atoms with Gasteiger partial charge < -0.3 is 15.2 Å². The van der Waals surface area contributed by atoms with Crippen LogP contribution in [0.4, 0.5) is 0 Å². The third-order valence-corrected chi connectivity index (χ3v) is 2.04. The van der Waals surface area contributed by atoms with E-state index in [4.69, 9.17) is 10.0 Å². The van der Waals surface area contributed by atoms with Gasteiger partial charge in [-0.3, -0.25) is 4.98 Å². The molecule has 0 amide bonds. The Morgan fingerprint density at radius 3 is 2.64 bits per heavy atom. The topological polar surface area (TPSA) is 73.6 Å². The molecule has 0 fully saturated rings. The van der Waals surface area contributed by atoms with E-state index in [1.807, 2.05) is 0 Å². The Bertz CT molecular complexity index is 473. The standard InChI is InChI=1S/C9H8BNO3/c12-9-3-4-11-8-2-1-6(10(13)14)5-7(8)9/h1-5,13-14H,(H,11,12). The van der Waals surface area contributed by atoms with Gasteiger partial charge in [-0.25, -0.2) is 0 Å². The van der Waals surface area contributed by atoms with Gasteiger partial charge in [0.15, 0.2) is 0 Å². The van der Waals surface area contributed by atoms with Crippen LogP contribution in [0.3, 0.4) is 0 Å². The number of benzene rings is 1. The summed E-state index contributed by atoms with van der Waals surface area (Å²) in [4.78, 5) is 4.02. The van der Waals surface area contributed by atoms with Gasteiger partial charge in [-0.15, -0.1) is 0 Å². The van der Waals surface area contributed by atoms with Crippen molar-refractivity contribution >= 4 is 23.5 Å². The summed E-state index contributed by atoms with van der Waals surface area (Å²) in [7, 11) is -1.53. The summed E-state index contributed by atoms with van der Waals surface area (Å²) in [5, 5.41) is 27.8. The molecule has 1 aromatic carbocycles. The van der Waals surface area contributed by atoms with E-state index in [1.54, 1.807) is 12.1 Å². The first-order valence-electron chi connectivity index (χ1n) is 4.12. The van der Waals surface area contributed by atoms with Crippen LogP contribution in [0.1, 0.15) is 0 Å². The van der Waals surface area contributed by atoms with Crippen LogP contribution in [0.5, 0.6) is 5.75 Å². The van der Waals surface area contributed by atoms with Crippen molar-refractivity contribution in [2.45, 2.75) is 0 Å². The number of rotatable bonds is 1. The number of aromatic nitrogens is 1. The number of fused-ring (bicyclic) bond motifs is 1. The van der Waals surface area contributed by atoms with Crippen LogP contribution in [0.2, 0.25) is 0 Å². The summed E-state index contributed by atoms with van der Waals surface area (Å²) in [6.45, 7) is 0. The lowest BCUT2D eigenvalue weighted by Crippen LogP contribution is -2.29. The number of nitrogens with zero attached hydrogens (tertiary/aromatic N) is 1. The highest BCUT2D eigenvalue weighted by atomic mass is 16.4. The van der Waals surface area contributed by atoms with E-state index in [9.17, 15) is 5.11 Å². The minimum absolute atomic E-state index is 0.0810. The van der Waals surface area contributed by atoms with Crippen LogP contribution in [-0.2, 0) is 0 Å². The molecule has 4 nitrogen and oxygen atoms in total. The molecule has 1 aromatic heterocycles. The first-order valence-corrected chi connectivity index (χ1v) is 4.12. The fourth-order valence-electron chi connectivity index (χ4n) is 1.31. The van der Waals surface area contributed by atoms with Gasteiger partial charge in [0.2, 0.25) is 0 Å². The monoisotopic (exact) mass is 189 g/mol. The molecule has 0 unspecified atom stereocenters. The van der Waals surface area contributed by atoms with Crippen molar-refractivity contribution in [2.24, 2.45) is 0 Å². The van der Waals surface area contributed by atoms with Gasteiger partial charge in [0.1, 0.15) is 5.75 Å². The van der Waals surface area contributed by atoms with Gasteiger partial charge in [0.25, 0.3) is 0 Å². The molecule has 5 heteroatoms. The van der Waals surface area contributed by atoms with E-state index in [0.717, 1.165) is 0 Å². The lowest BCUT2D eigenvalue weighted by atomic mass is 9.80. The van der Waals surface area contributed by atoms with E-state index in [2.05, 4.69) is 4.98 Å². The van der Waals surface area contributed by atoms with Crippen LogP contribution in [-0.4, -0.2) is 27.3 Å². The minimum atomic E-state index is -1.53. The molecule has 0 saturated heterocycles. The molecule has 1 heterocycles. The predicted octanol–water partition coefficient (Wildman–Crippen LogP) is -0.380. The van der Waals surface area contributed by atoms with Crippen molar-refractivity contribution in [3.05, 3.63) is 30.5 Å². The Balaban J connectivity index is 2.70. The second-order valence-corrected chi connectivity index (χ2v) is 2.98. The molecule has 3 N–H and O–H groups in total. The quantitative estimate of drug-likeness (QED) is 0.534. The number of aromatic hydroxyl groups is 1. The van der Waals surface area contributed by atoms with Crippen LogP contribution in [0, 0.1) is 0 Å². The average molecular weight is 189 g/mol. The molecule has 0 saturated carbocycles. The molecule has 70 valence electrons. The summed E-state index contributed by atoms with van der Waals surface area (Å²) in [6.07, 6.45) is 1.49. The molecule has 0 aliphatic carbocycles. The Morgan fingerprint density at radius 1 is 1.14 bits per heavy atom. The maximum Gasteiger partial charge on any atom is 0.488 e. The maximum absolute atomic E-state index is 9.47. The Morgan fingerprint density at radius 2 is 1.93 bits per heavy atom. The molecule has 0 aliphatic heterocycles. The predicted molar refractivity (Wildman–Crippen MR) is 53.2 cm³/mol. The van der Waals surface area contributed by atoms with Crippen molar-refractivity contribution in [3.63, 3.8) is 0 Å². The highest BCUT2D eigenvalue weighted by molar-refractivity contribution is 6.58. The van der Waals surface area contributed by atoms with E-state index in [0.29, 0.717) is 16.4 Å². The molecular weight excluding hydrogens is 181 g/mol. The Hall–Kier alpha value is -1.59. The smallest absolute Gasteiger partial charge is 0.488 e. The third kappa shape index (κ3) is 1.43. The molecule has 0 bridgehead atoms. The molecule has 2 aromatic rings. The summed E-state index contributed by atoms with van der Waals surface area (Å²) in [5.74, 6) is 0.0810. The molecule has 0 radical (unpaired) electrons. The number of pyridine rings is 1. The second-order valence-electron chi connectivity index (χ2n) is 2.98. The fourth-order valence-corrected chi connectivity index (χ4v) is 1.31. The van der Waals surface area contributed by atoms with Crippen molar-refractivity contribution in [1.82, 2.24) is 4.98 Å². The van der Waals surface area contributed by atoms with Gasteiger partial charge in [0.05, 0.1) is 5.52 Å². The molecule has 14 heavy (non-hydrogen) atoms. The summed E-state index contributed by atoms with van der Waals surface area (Å²) < 4.78 is 0. The summed E-state index contributed by atoms with van der Waals surface area (Å²) in [6, 6.07) is 6.14. The van der Waals surface area contributed by atoms with Gasteiger partial charge >= 0.3 is 7.12 Å². The molecule has 0 aliphatic rings. The van der Waals surface area contributed by atoms with Crippen LogP contribution in [0.15, 0.2) is 30.5 Å². The average Bonchev–Trinajstić information content (AvgIpc) is 2.18. The number of hydrogen-bond donors (Lipinski definition) is 3. The highest BCUT2D eigenvalue weighted by Gasteiger charge is 2.12. The van der Waals surface area contributed by atoms with Crippen molar-refractivity contribution in [2.75, 3.05) is 0 Å². The Labute approximate surface area is 80.6 Å². The van der Waals surface area contributed by atoms with Crippen molar-refractivity contribution in [1.29, 1.82) is 0 Å². The minimum Gasteiger partial charge on any atom is -0.507 e. The lowest BCUT2D eigenvalue weighted by molar-refractivity contribution is 0.426. The van der Waals surface area contributed by atoms with Gasteiger partial charge in [-0.05, 0) is 23.7 Å². The van der Waals surface area contributed by atoms with Gasteiger partial charge in [-0.1, -0.05) is 6.07 Å². The van der Waals surface area contributed by atoms with Crippen molar-refractivity contribution in [3.8, 4) is 5.75 Å². The van der Waals surface area contributed by atoms with Crippen LogP contribution >= 0.6 is 0 Å². The fraction of sp³-hybridized carbons (Fsp3) is 0. The highest BCUT2D eigenvalue weighted by Crippen LogP contribution is 2.20. The zero-order chi connectivity index (χ0) is 10.1. The zero-order valence-electron chi connectivity index (χ0n) is 7.25. The normalized spacial score (nSPS) is 10.4. The zero-order valence-corrected chi connectivity index (χ0v) is 7.25. The first kappa shape index (κ1) is 8.99. The molecule has 2 rings (SSSR count). The maximum atomic E-state index is 9.47. The van der Waals surface area contributed by atoms with E-state index < -0.39 is 7.12 Å². The van der Waals surface area contributed by atoms with Crippen LogP contribution in [0.25, 0.3) is 10.9 Å². The van der Waals surface area contributed by atoms with Gasteiger partial charge in [0, 0.05) is 11.6 Å². The largest absolute Gasteiger partial charge is 0.507 e. The van der Waals surface area contributed by atoms with Crippen LogP contribution < -0.4 is 5.46 Å². The second kappa shape index (κ2) is 3.28. The van der Waals surface area contributed by atoms with Crippen molar-refractivity contribution < 1.29 is 15.2 Å². The third-order valence-electron chi connectivity index (χ3n) is 2.04. The van der Waals surface area contributed by atoms with Gasteiger partial charge in [-0.2, -0.15) is 0 Å². The summed E-state index contributed by atoms with van der Waals surface area (Å²) >= 11 is 0. The van der Waals surface area contributed by atoms with E-state index >= 15 is 0 Å². The SMILES string of the molecule is OB(O)c1ccc2nccc(O)c2c1. The Kier molecular flexibility index (Phi) is 2.11. The summed E-state index contributed by atoms with van der Waals surface area (Å²) in [5.41, 5.74) is 0.954. The first-order chi connectivity index (χ1) is 6.68.